The van der Waals surface area contributed by atoms with Crippen LogP contribution in [0.1, 0.15) is 37.8 Å². The van der Waals surface area contributed by atoms with E-state index in [1.165, 1.54) is 7.05 Å². The van der Waals surface area contributed by atoms with Gasteiger partial charge in [0.25, 0.3) is 0 Å². The van der Waals surface area contributed by atoms with Crippen molar-refractivity contribution >= 4 is 23.9 Å². The van der Waals surface area contributed by atoms with E-state index in [4.69, 9.17) is 9.47 Å². The van der Waals surface area contributed by atoms with Gasteiger partial charge in [0.2, 0.25) is 11.8 Å². The van der Waals surface area contributed by atoms with E-state index >= 15 is 0 Å². The van der Waals surface area contributed by atoms with E-state index in [1.807, 2.05) is 56.3 Å². The lowest BCUT2D eigenvalue weighted by atomic mass is 10.00. The molecule has 3 unspecified atom stereocenters. The van der Waals surface area contributed by atoms with Crippen molar-refractivity contribution in [2.24, 2.45) is 5.92 Å². The maximum absolute atomic E-state index is 13.3. The molecule has 3 atom stereocenters. The first kappa shape index (κ1) is 32.1. The van der Waals surface area contributed by atoms with Crippen molar-refractivity contribution in [3.8, 4) is 5.75 Å². The van der Waals surface area contributed by atoms with Gasteiger partial charge in [-0.25, -0.2) is 4.79 Å². The lowest BCUT2D eigenvalue weighted by molar-refractivity contribution is -0.140. The summed E-state index contributed by atoms with van der Waals surface area (Å²) in [5.41, 5.74) is 1.64. The van der Waals surface area contributed by atoms with Crippen LogP contribution in [0.4, 0.5) is 4.79 Å². The second-order valence-electron chi connectivity index (χ2n) is 9.74. The van der Waals surface area contributed by atoms with Gasteiger partial charge in [-0.2, -0.15) is 0 Å². The van der Waals surface area contributed by atoms with Crippen LogP contribution >= 0.6 is 0 Å². The molecule has 0 aliphatic carbocycles. The van der Waals surface area contributed by atoms with Gasteiger partial charge in [-0.3, -0.25) is 19.7 Å². The number of rotatable bonds is 16. The number of ether oxygens (including phenoxy) is 2. The number of aliphatic carboxylic acids is 1. The van der Waals surface area contributed by atoms with Gasteiger partial charge >= 0.3 is 12.1 Å². The molecule has 0 fully saturated rings. The SMILES string of the molecule is CNC(=O)C(Cc1ccc(OC)cc1)NC(=O)C(CC(C)C)NC(CCNC(=O)OCc1ccccc1)C(=O)O. The monoisotopic (exact) mass is 556 g/mol. The van der Waals surface area contributed by atoms with Gasteiger partial charge in [-0.15, -0.1) is 0 Å². The highest BCUT2D eigenvalue weighted by molar-refractivity contribution is 5.90. The molecule has 2 rings (SSSR count). The minimum atomic E-state index is -1.16. The minimum absolute atomic E-state index is 0.0162. The molecule has 0 spiro atoms. The van der Waals surface area contributed by atoms with E-state index in [9.17, 15) is 24.3 Å². The van der Waals surface area contributed by atoms with E-state index in [2.05, 4.69) is 21.3 Å². The van der Waals surface area contributed by atoms with Crippen LogP contribution in [0, 0.1) is 5.92 Å². The molecule has 0 aliphatic rings. The summed E-state index contributed by atoms with van der Waals surface area (Å²) in [6, 6.07) is 13.4. The van der Waals surface area contributed by atoms with Gasteiger partial charge < -0.3 is 30.5 Å². The Balaban J connectivity index is 2.00. The summed E-state index contributed by atoms with van der Waals surface area (Å²) in [5, 5.41) is 20.6. The Kier molecular flexibility index (Phi) is 13.4. The van der Waals surface area contributed by atoms with Crippen molar-refractivity contribution in [2.75, 3.05) is 20.7 Å². The zero-order chi connectivity index (χ0) is 29.5. The maximum Gasteiger partial charge on any atom is 0.407 e. The Morgan fingerprint density at radius 1 is 0.875 bits per heavy atom. The summed E-state index contributed by atoms with van der Waals surface area (Å²) >= 11 is 0. The van der Waals surface area contributed by atoms with E-state index < -0.39 is 36.1 Å². The molecule has 0 radical (unpaired) electrons. The number of hydrogen-bond acceptors (Lipinski definition) is 7. The van der Waals surface area contributed by atoms with Gasteiger partial charge in [0, 0.05) is 20.0 Å². The van der Waals surface area contributed by atoms with E-state index in [0.29, 0.717) is 12.2 Å². The van der Waals surface area contributed by atoms with Gasteiger partial charge in [-0.1, -0.05) is 56.3 Å². The summed E-state index contributed by atoms with van der Waals surface area (Å²) in [6.07, 6.45) is -0.0780. The predicted molar refractivity (Wildman–Crippen MR) is 150 cm³/mol. The third kappa shape index (κ3) is 11.3. The summed E-state index contributed by atoms with van der Waals surface area (Å²) < 4.78 is 10.3. The van der Waals surface area contributed by atoms with Crippen molar-refractivity contribution in [1.29, 1.82) is 0 Å². The van der Waals surface area contributed by atoms with Gasteiger partial charge in [0.05, 0.1) is 13.2 Å². The Bertz CT molecular complexity index is 1090. The average molecular weight is 557 g/mol. The number of hydrogen-bond donors (Lipinski definition) is 5. The molecule has 218 valence electrons. The molecule has 0 bridgehead atoms. The van der Waals surface area contributed by atoms with Crippen LogP contribution in [0.15, 0.2) is 54.6 Å². The minimum Gasteiger partial charge on any atom is -0.497 e. The number of alkyl carbamates (subject to hydrolysis) is 1. The summed E-state index contributed by atoms with van der Waals surface area (Å²) in [7, 11) is 3.04. The second kappa shape index (κ2) is 16.8. The van der Waals surface area contributed by atoms with Gasteiger partial charge in [-0.05, 0) is 42.0 Å². The maximum atomic E-state index is 13.3. The number of methoxy groups -OCH3 is 1. The predicted octanol–water partition coefficient (Wildman–Crippen LogP) is 2.24. The molecule has 0 heterocycles. The summed E-state index contributed by atoms with van der Waals surface area (Å²) in [6.45, 7) is 3.93. The van der Waals surface area contributed by atoms with Gasteiger partial charge in [0.15, 0.2) is 0 Å². The molecule has 5 N–H and O–H groups in total. The number of carboxylic acid groups (broad SMARTS) is 1. The summed E-state index contributed by atoms with van der Waals surface area (Å²) in [5.74, 6) is -1.30. The van der Waals surface area contributed by atoms with Crippen LogP contribution in [0.25, 0.3) is 0 Å². The quantitative estimate of drug-likeness (QED) is 0.211. The first-order chi connectivity index (χ1) is 19.1. The van der Waals surface area contributed by atoms with Crippen LogP contribution in [0.5, 0.6) is 5.75 Å². The number of amides is 3. The Labute approximate surface area is 235 Å². The van der Waals surface area contributed by atoms with E-state index in [-0.39, 0.29) is 37.8 Å². The highest BCUT2D eigenvalue weighted by Gasteiger charge is 2.30. The smallest absolute Gasteiger partial charge is 0.407 e. The van der Waals surface area contributed by atoms with Crippen molar-refractivity contribution in [2.45, 2.75) is 57.8 Å². The summed E-state index contributed by atoms with van der Waals surface area (Å²) in [4.78, 5) is 49.9. The molecule has 3 amide bonds. The number of carboxylic acids is 1. The zero-order valence-electron chi connectivity index (χ0n) is 23.4. The van der Waals surface area contributed by atoms with Crippen molar-refractivity contribution < 1.29 is 33.8 Å². The van der Waals surface area contributed by atoms with Crippen molar-refractivity contribution in [1.82, 2.24) is 21.3 Å². The molecular weight excluding hydrogens is 516 g/mol. The van der Waals surface area contributed by atoms with Crippen LogP contribution in [-0.2, 0) is 32.1 Å². The number of nitrogens with one attached hydrogen (secondary N) is 4. The first-order valence-corrected chi connectivity index (χ1v) is 13.2. The van der Waals surface area contributed by atoms with Crippen LogP contribution in [0.3, 0.4) is 0 Å². The van der Waals surface area contributed by atoms with Gasteiger partial charge in [0.1, 0.15) is 24.4 Å². The largest absolute Gasteiger partial charge is 0.497 e. The molecule has 40 heavy (non-hydrogen) atoms. The fraction of sp³-hybridized carbons (Fsp3) is 0.448. The Morgan fingerprint density at radius 3 is 2.12 bits per heavy atom. The topological polar surface area (TPSA) is 155 Å². The normalized spacial score (nSPS) is 13.0. The molecule has 2 aromatic rings. The van der Waals surface area contributed by atoms with Crippen LogP contribution < -0.4 is 26.0 Å². The molecule has 11 nitrogen and oxygen atoms in total. The third-order valence-electron chi connectivity index (χ3n) is 6.12. The number of carbonyl (C=O) groups is 4. The van der Waals surface area contributed by atoms with Crippen molar-refractivity contribution in [3.05, 3.63) is 65.7 Å². The number of likely N-dealkylation sites (N-methyl/N-ethyl adjacent to an activating group) is 1. The molecule has 0 saturated carbocycles. The fourth-order valence-electron chi connectivity index (χ4n) is 3.99. The van der Waals surface area contributed by atoms with E-state index in [1.54, 1.807) is 19.2 Å². The Morgan fingerprint density at radius 2 is 1.55 bits per heavy atom. The van der Waals surface area contributed by atoms with Crippen molar-refractivity contribution in [3.63, 3.8) is 0 Å². The second-order valence-corrected chi connectivity index (χ2v) is 9.74. The Hall–Kier alpha value is -4.12. The molecule has 0 aromatic heterocycles. The third-order valence-corrected chi connectivity index (χ3v) is 6.12. The lowest BCUT2D eigenvalue weighted by Gasteiger charge is -2.26. The standard InChI is InChI=1S/C29H40N4O7/c1-19(2)16-24(27(35)33-25(26(34)30-3)17-20-10-12-22(39-4)13-11-20)32-23(28(36)37)14-15-31-29(38)40-18-21-8-6-5-7-9-21/h5-13,19,23-25,32H,14-18H2,1-4H3,(H,30,34)(H,31,38)(H,33,35)(H,36,37). The average Bonchev–Trinajstić information content (AvgIpc) is 2.94. The molecular formula is C29H40N4O7. The van der Waals surface area contributed by atoms with E-state index in [0.717, 1.165) is 11.1 Å². The lowest BCUT2D eigenvalue weighted by Crippen LogP contribution is -2.56. The fourth-order valence-corrected chi connectivity index (χ4v) is 3.99. The molecule has 0 aliphatic heterocycles. The molecule has 2 aromatic carbocycles. The highest BCUT2D eigenvalue weighted by atomic mass is 16.5. The number of carbonyl (C=O) groups excluding carboxylic acids is 3. The molecule has 11 heteroatoms. The zero-order valence-corrected chi connectivity index (χ0v) is 23.4. The van der Waals surface area contributed by atoms with Crippen LogP contribution in [-0.4, -0.2) is 67.8 Å². The van der Waals surface area contributed by atoms with Crippen LogP contribution in [0.2, 0.25) is 0 Å². The number of benzene rings is 2. The highest BCUT2D eigenvalue weighted by Crippen LogP contribution is 2.14. The molecule has 0 saturated heterocycles. The first-order valence-electron chi connectivity index (χ1n) is 13.2.